The average Bonchev–Trinajstić information content (AvgIpc) is 2.97. The van der Waals surface area contributed by atoms with E-state index in [-0.39, 0.29) is 0 Å². The van der Waals surface area contributed by atoms with Gasteiger partial charge in [0.15, 0.2) is 0 Å². The van der Waals surface area contributed by atoms with Crippen molar-refractivity contribution >= 4 is 23.2 Å². The third-order valence-corrected chi connectivity index (χ3v) is 3.93. The molecule has 0 radical (unpaired) electrons. The Morgan fingerprint density at radius 1 is 1.12 bits per heavy atom. The van der Waals surface area contributed by atoms with E-state index in [0.717, 1.165) is 41.4 Å². The summed E-state index contributed by atoms with van der Waals surface area (Å²) in [6, 6.07) is 16.1. The Balaban J connectivity index is 1.87. The maximum atomic E-state index is 5.47. The fraction of sp³-hybridized carbons (Fsp3) is 0.300. The van der Waals surface area contributed by atoms with Gasteiger partial charge in [-0.05, 0) is 63.0 Å². The first-order chi connectivity index (χ1) is 12.2. The van der Waals surface area contributed by atoms with Crippen LogP contribution in [0.1, 0.15) is 12.5 Å². The number of rotatable bonds is 7. The van der Waals surface area contributed by atoms with Gasteiger partial charge in [0, 0.05) is 19.3 Å². The molecule has 0 aliphatic rings. The highest BCUT2D eigenvalue weighted by Gasteiger charge is 2.09. The molecule has 0 aliphatic heterocycles. The minimum absolute atomic E-state index is 0.670. The molecule has 3 rings (SSSR count). The van der Waals surface area contributed by atoms with Crippen molar-refractivity contribution in [2.24, 2.45) is 4.99 Å². The van der Waals surface area contributed by atoms with E-state index in [1.807, 2.05) is 55.6 Å². The van der Waals surface area contributed by atoms with Gasteiger partial charge in [-0.3, -0.25) is 0 Å². The Morgan fingerprint density at radius 2 is 1.88 bits per heavy atom. The fourth-order valence-corrected chi connectivity index (χ4v) is 2.63. The number of fused-ring (bicyclic) bond motifs is 1. The van der Waals surface area contributed by atoms with Gasteiger partial charge in [-0.25, -0.2) is 9.98 Å². The summed E-state index contributed by atoms with van der Waals surface area (Å²) in [6.07, 6.45) is 1.85. The molecule has 0 amide bonds. The van der Waals surface area contributed by atoms with Gasteiger partial charge in [0.1, 0.15) is 5.75 Å². The molecule has 0 unspecified atom stereocenters. The van der Waals surface area contributed by atoms with Crippen molar-refractivity contribution in [3.8, 4) is 5.75 Å². The van der Waals surface area contributed by atoms with Crippen LogP contribution in [0.2, 0.25) is 0 Å². The first-order valence-electron chi connectivity index (χ1n) is 8.54. The number of imidazole rings is 1. The molecule has 5 heteroatoms. The standard InChI is InChI=1S/C20H24N4O/c1-4-25-17-11-9-16(10-12-17)15-21-20-22-18-7-5-6-8-19(18)24(20)14-13-23(2)3/h5-12,15H,4,13-14H2,1-3H3. The molecule has 0 N–H and O–H groups in total. The van der Waals surface area contributed by atoms with E-state index in [2.05, 4.69) is 39.6 Å². The van der Waals surface area contributed by atoms with Crippen LogP contribution < -0.4 is 4.74 Å². The summed E-state index contributed by atoms with van der Waals surface area (Å²) in [5.41, 5.74) is 3.11. The zero-order valence-corrected chi connectivity index (χ0v) is 15.0. The van der Waals surface area contributed by atoms with E-state index in [0.29, 0.717) is 6.61 Å². The number of hydrogen-bond acceptors (Lipinski definition) is 4. The molecule has 0 saturated carbocycles. The molecule has 0 fully saturated rings. The maximum absolute atomic E-state index is 5.47. The lowest BCUT2D eigenvalue weighted by molar-refractivity contribution is 0.340. The summed E-state index contributed by atoms with van der Waals surface area (Å²) in [5.74, 6) is 1.61. The molecule has 1 heterocycles. The van der Waals surface area contributed by atoms with E-state index in [9.17, 15) is 0 Å². The van der Waals surface area contributed by atoms with Crippen LogP contribution >= 0.6 is 0 Å². The first-order valence-corrected chi connectivity index (χ1v) is 8.54. The van der Waals surface area contributed by atoms with Gasteiger partial charge >= 0.3 is 0 Å². The number of hydrogen-bond donors (Lipinski definition) is 0. The van der Waals surface area contributed by atoms with Crippen molar-refractivity contribution in [2.45, 2.75) is 13.5 Å². The summed E-state index contributed by atoms with van der Waals surface area (Å²) >= 11 is 0. The lowest BCUT2D eigenvalue weighted by Crippen LogP contribution is -2.18. The molecule has 0 bridgehead atoms. The summed E-state index contributed by atoms with van der Waals surface area (Å²) in [6.45, 7) is 4.44. The molecule has 130 valence electrons. The maximum Gasteiger partial charge on any atom is 0.230 e. The number of para-hydroxylation sites is 2. The Hall–Kier alpha value is -2.66. The molecule has 25 heavy (non-hydrogen) atoms. The van der Waals surface area contributed by atoms with Gasteiger partial charge in [0.05, 0.1) is 17.6 Å². The second-order valence-electron chi connectivity index (χ2n) is 6.12. The number of aliphatic imine (C=N–C) groups is 1. The SMILES string of the molecule is CCOc1ccc(C=Nc2nc3ccccc3n2CCN(C)C)cc1. The van der Waals surface area contributed by atoms with E-state index in [1.54, 1.807) is 0 Å². The zero-order valence-electron chi connectivity index (χ0n) is 15.0. The monoisotopic (exact) mass is 336 g/mol. The Kier molecular flexibility index (Phi) is 5.46. The van der Waals surface area contributed by atoms with Crippen molar-refractivity contribution in [3.63, 3.8) is 0 Å². The van der Waals surface area contributed by atoms with Crippen molar-refractivity contribution < 1.29 is 4.74 Å². The van der Waals surface area contributed by atoms with Crippen LogP contribution in [0, 0.1) is 0 Å². The van der Waals surface area contributed by atoms with E-state index < -0.39 is 0 Å². The lowest BCUT2D eigenvalue weighted by atomic mass is 10.2. The molecule has 3 aromatic rings. The molecule has 0 spiro atoms. The fourth-order valence-electron chi connectivity index (χ4n) is 2.63. The summed E-state index contributed by atoms with van der Waals surface area (Å²) in [5, 5.41) is 0. The quantitative estimate of drug-likeness (QED) is 0.617. The molecule has 0 aliphatic carbocycles. The predicted octanol–water partition coefficient (Wildman–Crippen LogP) is 3.75. The van der Waals surface area contributed by atoms with Crippen molar-refractivity contribution in [1.82, 2.24) is 14.5 Å². The molecule has 5 nitrogen and oxygen atoms in total. The third-order valence-electron chi connectivity index (χ3n) is 3.93. The van der Waals surface area contributed by atoms with E-state index in [1.165, 1.54) is 0 Å². The van der Waals surface area contributed by atoms with Gasteiger partial charge in [-0.2, -0.15) is 0 Å². The molecular weight excluding hydrogens is 312 g/mol. The van der Waals surface area contributed by atoms with Crippen molar-refractivity contribution in [3.05, 3.63) is 54.1 Å². The second kappa shape index (κ2) is 7.94. The van der Waals surface area contributed by atoms with Crippen LogP contribution in [0.3, 0.4) is 0 Å². The lowest BCUT2D eigenvalue weighted by Gasteiger charge is -2.11. The minimum atomic E-state index is 0.670. The second-order valence-corrected chi connectivity index (χ2v) is 6.12. The number of benzene rings is 2. The van der Waals surface area contributed by atoms with Crippen LogP contribution in [-0.4, -0.2) is 47.9 Å². The molecule has 0 atom stereocenters. The highest BCUT2D eigenvalue weighted by atomic mass is 16.5. The summed E-state index contributed by atoms with van der Waals surface area (Å²) in [4.78, 5) is 11.5. The highest BCUT2D eigenvalue weighted by Crippen LogP contribution is 2.22. The Labute approximate surface area is 148 Å². The highest BCUT2D eigenvalue weighted by molar-refractivity contribution is 5.83. The molecule has 2 aromatic carbocycles. The minimum Gasteiger partial charge on any atom is -0.494 e. The van der Waals surface area contributed by atoms with Crippen LogP contribution in [0.25, 0.3) is 11.0 Å². The van der Waals surface area contributed by atoms with Gasteiger partial charge < -0.3 is 14.2 Å². The van der Waals surface area contributed by atoms with Crippen molar-refractivity contribution in [2.75, 3.05) is 27.2 Å². The van der Waals surface area contributed by atoms with Crippen molar-refractivity contribution in [1.29, 1.82) is 0 Å². The Bertz CT molecular complexity index is 850. The van der Waals surface area contributed by atoms with Gasteiger partial charge in [0.25, 0.3) is 0 Å². The van der Waals surface area contributed by atoms with E-state index >= 15 is 0 Å². The van der Waals surface area contributed by atoms with Gasteiger partial charge in [-0.1, -0.05) is 12.1 Å². The molecule has 1 aromatic heterocycles. The third kappa shape index (κ3) is 4.25. The normalized spacial score (nSPS) is 11.7. The van der Waals surface area contributed by atoms with Crippen LogP contribution in [0.15, 0.2) is 53.5 Å². The number of ether oxygens (including phenoxy) is 1. The average molecular weight is 336 g/mol. The summed E-state index contributed by atoms with van der Waals surface area (Å²) in [7, 11) is 4.14. The smallest absolute Gasteiger partial charge is 0.230 e. The van der Waals surface area contributed by atoms with Gasteiger partial charge in [-0.15, -0.1) is 0 Å². The first kappa shape index (κ1) is 17.2. The molecule has 0 saturated heterocycles. The largest absolute Gasteiger partial charge is 0.494 e. The number of aromatic nitrogens is 2. The van der Waals surface area contributed by atoms with E-state index in [4.69, 9.17) is 4.74 Å². The number of nitrogens with zero attached hydrogens (tertiary/aromatic N) is 4. The van der Waals surface area contributed by atoms with Crippen LogP contribution in [0.5, 0.6) is 5.75 Å². The molecular formula is C20H24N4O. The van der Waals surface area contributed by atoms with Gasteiger partial charge in [0.2, 0.25) is 5.95 Å². The van der Waals surface area contributed by atoms with Crippen LogP contribution in [0.4, 0.5) is 5.95 Å². The topological polar surface area (TPSA) is 42.7 Å². The summed E-state index contributed by atoms with van der Waals surface area (Å²) < 4.78 is 7.64. The Morgan fingerprint density at radius 3 is 2.60 bits per heavy atom. The number of likely N-dealkylation sites (N-methyl/N-ethyl adjacent to an activating group) is 1. The predicted molar refractivity (Wildman–Crippen MR) is 103 cm³/mol. The van der Waals surface area contributed by atoms with Crippen LogP contribution in [-0.2, 0) is 6.54 Å². The zero-order chi connectivity index (χ0) is 17.6.